The smallest absolute Gasteiger partial charge is 0.169 e. The molecule has 1 saturated carbocycles. The maximum atomic E-state index is 12.9. The molecule has 0 radical (unpaired) electrons. The maximum absolute atomic E-state index is 12.9. The first-order valence-corrected chi connectivity index (χ1v) is 5.05. The van der Waals surface area contributed by atoms with Gasteiger partial charge >= 0.3 is 0 Å². The summed E-state index contributed by atoms with van der Waals surface area (Å²) in [6.45, 7) is 0. The molecule has 0 saturated heterocycles. The largest absolute Gasteiger partial charge is 0.294 e. The van der Waals surface area contributed by atoms with E-state index < -0.39 is 0 Å². The van der Waals surface area contributed by atoms with E-state index in [1.165, 1.54) is 12.1 Å². The van der Waals surface area contributed by atoms with E-state index in [1.54, 1.807) is 6.07 Å². The second-order valence-electron chi connectivity index (χ2n) is 4.41. The Morgan fingerprint density at radius 1 is 1.21 bits per heavy atom. The van der Waals surface area contributed by atoms with Gasteiger partial charge in [0.25, 0.3) is 0 Å². The Hall–Kier alpha value is -1.18. The summed E-state index contributed by atoms with van der Waals surface area (Å²) in [4.78, 5) is 12.0. The van der Waals surface area contributed by atoms with Gasteiger partial charge in [0.05, 0.1) is 0 Å². The van der Waals surface area contributed by atoms with E-state index in [4.69, 9.17) is 0 Å². The fourth-order valence-corrected chi connectivity index (χ4v) is 2.39. The SMILES string of the molecule is O=C1c2ccc(F)cc2CCC12CC2. The summed E-state index contributed by atoms with van der Waals surface area (Å²) in [7, 11) is 0. The molecule has 0 bridgehead atoms. The lowest BCUT2D eigenvalue weighted by Crippen LogP contribution is -2.23. The van der Waals surface area contributed by atoms with Crippen LogP contribution in [0.1, 0.15) is 35.2 Å². The molecule has 1 nitrogen and oxygen atoms in total. The van der Waals surface area contributed by atoms with Crippen molar-refractivity contribution in [3.63, 3.8) is 0 Å². The van der Waals surface area contributed by atoms with Crippen LogP contribution in [0.4, 0.5) is 4.39 Å². The molecule has 0 atom stereocenters. The summed E-state index contributed by atoms with van der Waals surface area (Å²) in [5.41, 5.74) is 1.62. The summed E-state index contributed by atoms with van der Waals surface area (Å²) in [5, 5.41) is 0. The molecule has 0 aliphatic heterocycles. The van der Waals surface area contributed by atoms with Crippen LogP contribution in [0.25, 0.3) is 0 Å². The topological polar surface area (TPSA) is 17.1 Å². The molecule has 72 valence electrons. The van der Waals surface area contributed by atoms with Crippen molar-refractivity contribution >= 4 is 5.78 Å². The van der Waals surface area contributed by atoms with Crippen molar-refractivity contribution in [3.8, 4) is 0 Å². The van der Waals surface area contributed by atoms with Gasteiger partial charge in [0.1, 0.15) is 5.82 Å². The zero-order valence-corrected chi connectivity index (χ0v) is 7.85. The van der Waals surface area contributed by atoms with Gasteiger partial charge < -0.3 is 0 Å². The Labute approximate surface area is 81.9 Å². The average molecular weight is 190 g/mol. The quantitative estimate of drug-likeness (QED) is 0.614. The molecule has 0 aromatic heterocycles. The summed E-state index contributed by atoms with van der Waals surface area (Å²) < 4.78 is 12.9. The third kappa shape index (κ3) is 0.969. The standard InChI is InChI=1S/C12H11FO/c13-9-1-2-10-8(7-9)3-4-12(5-6-12)11(10)14/h1-2,7H,3-6H2. The molecular weight excluding hydrogens is 179 g/mol. The number of hydrogen-bond donors (Lipinski definition) is 0. The Balaban J connectivity index is 2.12. The molecule has 3 rings (SSSR count). The van der Waals surface area contributed by atoms with Crippen LogP contribution >= 0.6 is 0 Å². The lowest BCUT2D eigenvalue weighted by Gasteiger charge is -2.22. The highest BCUT2D eigenvalue weighted by Gasteiger charge is 2.51. The monoisotopic (exact) mass is 190 g/mol. The van der Waals surface area contributed by atoms with E-state index in [0.717, 1.165) is 36.8 Å². The van der Waals surface area contributed by atoms with Gasteiger partial charge in [-0.2, -0.15) is 0 Å². The number of carbonyl (C=O) groups excluding carboxylic acids is 1. The summed E-state index contributed by atoms with van der Waals surface area (Å²) in [6, 6.07) is 4.53. The first-order chi connectivity index (χ1) is 6.71. The predicted molar refractivity (Wildman–Crippen MR) is 50.7 cm³/mol. The number of aryl methyl sites for hydroxylation is 1. The van der Waals surface area contributed by atoms with Gasteiger partial charge in [-0.1, -0.05) is 0 Å². The van der Waals surface area contributed by atoms with Gasteiger partial charge in [0.2, 0.25) is 0 Å². The molecular formula is C12H11FO. The number of ketones is 1. The molecule has 1 aromatic carbocycles. The van der Waals surface area contributed by atoms with Crippen LogP contribution in [0.15, 0.2) is 18.2 Å². The lowest BCUT2D eigenvalue weighted by atomic mass is 9.80. The Morgan fingerprint density at radius 2 is 2.00 bits per heavy atom. The second-order valence-corrected chi connectivity index (χ2v) is 4.41. The van der Waals surface area contributed by atoms with Crippen LogP contribution in [-0.4, -0.2) is 5.78 Å². The van der Waals surface area contributed by atoms with E-state index in [1.807, 2.05) is 0 Å². The van der Waals surface area contributed by atoms with Crippen LogP contribution in [0.2, 0.25) is 0 Å². The average Bonchev–Trinajstić information content (AvgIpc) is 2.93. The molecule has 2 aliphatic carbocycles. The third-order valence-corrected chi connectivity index (χ3v) is 3.52. The Kier molecular flexibility index (Phi) is 1.42. The van der Waals surface area contributed by atoms with Crippen molar-refractivity contribution in [2.24, 2.45) is 5.41 Å². The summed E-state index contributed by atoms with van der Waals surface area (Å²) >= 11 is 0. The van der Waals surface area contributed by atoms with Crippen LogP contribution in [0.5, 0.6) is 0 Å². The molecule has 1 fully saturated rings. The van der Waals surface area contributed by atoms with Crippen molar-refractivity contribution in [2.45, 2.75) is 25.7 Å². The number of carbonyl (C=O) groups is 1. The van der Waals surface area contributed by atoms with Gasteiger partial charge in [-0.25, -0.2) is 4.39 Å². The Bertz CT molecular complexity index is 418. The van der Waals surface area contributed by atoms with Crippen molar-refractivity contribution in [1.82, 2.24) is 0 Å². The second kappa shape index (κ2) is 2.44. The van der Waals surface area contributed by atoms with Crippen molar-refractivity contribution in [2.75, 3.05) is 0 Å². The number of benzene rings is 1. The van der Waals surface area contributed by atoms with E-state index in [0.29, 0.717) is 0 Å². The predicted octanol–water partition coefficient (Wildman–Crippen LogP) is 2.73. The highest BCUT2D eigenvalue weighted by Crippen LogP contribution is 2.54. The van der Waals surface area contributed by atoms with Gasteiger partial charge in [-0.3, -0.25) is 4.79 Å². The van der Waals surface area contributed by atoms with E-state index >= 15 is 0 Å². The molecule has 2 heteroatoms. The van der Waals surface area contributed by atoms with Crippen LogP contribution in [0, 0.1) is 11.2 Å². The van der Waals surface area contributed by atoms with Gasteiger partial charge in [-0.05, 0) is 49.4 Å². The number of fused-ring (bicyclic) bond motifs is 1. The minimum absolute atomic E-state index is 0.0369. The highest BCUT2D eigenvalue weighted by atomic mass is 19.1. The third-order valence-electron chi connectivity index (χ3n) is 3.52. The van der Waals surface area contributed by atoms with E-state index in [-0.39, 0.29) is 17.0 Å². The summed E-state index contributed by atoms with van der Waals surface area (Å²) in [5.74, 6) is 0.0158. The van der Waals surface area contributed by atoms with E-state index in [9.17, 15) is 9.18 Å². The number of hydrogen-bond acceptors (Lipinski definition) is 1. The molecule has 14 heavy (non-hydrogen) atoms. The Morgan fingerprint density at radius 3 is 2.71 bits per heavy atom. The molecule has 0 amide bonds. The first-order valence-electron chi connectivity index (χ1n) is 5.05. The van der Waals surface area contributed by atoms with Gasteiger partial charge in [0.15, 0.2) is 5.78 Å². The highest BCUT2D eigenvalue weighted by molar-refractivity contribution is 6.04. The van der Waals surface area contributed by atoms with E-state index in [2.05, 4.69) is 0 Å². The maximum Gasteiger partial charge on any atom is 0.169 e. The zero-order chi connectivity index (χ0) is 9.76. The zero-order valence-electron chi connectivity index (χ0n) is 7.85. The van der Waals surface area contributed by atoms with Crippen molar-refractivity contribution < 1.29 is 9.18 Å². The van der Waals surface area contributed by atoms with Gasteiger partial charge in [0, 0.05) is 11.0 Å². The molecule has 2 aliphatic rings. The molecule has 0 heterocycles. The fraction of sp³-hybridized carbons (Fsp3) is 0.417. The van der Waals surface area contributed by atoms with Crippen LogP contribution < -0.4 is 0 Å². The lowest BCUT2D eigenvalue weighted by molar-refractivity contribution is 0.0880. The van der Waals surface area contributed by atoms with Crippen LogP contribution in [-0.2, 0) is 6.42 Å². The molecule has 1 aromatic rings. The minimum Gasteiger partial charge on any atom is -0.294 e. The normalized spacial score (nSPS) is 22.2. The minimum atomic E-state index is -0.233. The number of rotatable bonds is 0. The van der Waals surface area contributed by atoms with Crippen molar-refractivity contribution in [1.29, 1.82) is 0 Å². The summed E-state index contributed by atoms with van der Waals surface area (Å²) in [6.07, 6.45) is 3.84. The fourth-order valence-electron chi connectivity index (χ4n) is 2.39. The van der Waals surface area contributed by atoms with Crippen LogP contribution in [0.3, 0.4) is 0 Å². The molecule has 0 N–H and O–H groups in total. The first kappa shape index (κ1) is 8.16. The number of Topliss-reactive ketones (excluding diaryl/α,β-unsaturated/α-hetero) is 1. The van der Waals surface area contributed by atoms with Gasteiger partial charge in [-0.15, -0.1) is 0 Å². The number of halogens is 1. The molecule has 1 spiro atoms. The molecule has 0 unspecified atom stereocenters. The van der Waals surface area contributed by atoms with Crippen molar-refractivity contribution in [3.05, 3.63) is 35.1 Å².